The Labute approximate surface area is 188 Å². The van der Waals surface area contributed by atoms with Crippen LogP contribution >= 0.6 is 27.7 Å². The second-order valence-corrected chi connectivity index (χ2v) is 8.54. The molecule has 0 aromatic heterocycles. The van der Waals surface area contributed by atoms with E-state index in [0.29, 0.717) is 20.9 Å². The van der Waals surface area contributed by atoms with Crippen molar-refractivity contribution in [1.29, 1.82) is 0 Å². The van der Waals surface area contributed by atoms with Crippen molar-refractivity contribution in [2.24, 2.45) is 0 Å². The first-order valence-electron chi connectivity index (χ1n) is 9.21. The van der Waals surface area contributed by atoms with Crippen molar-refractivity contribution >= 4 is 44.9 Å². The van der Waals surface area contributed by atoms with E-state index in [-0.39, 0.29) is 24.3 Å². The number of halogens is 1. The number of imide groups is 1. The summed E-state index contributed by atoms with van der Waals surface area (Å²) in [5.74, 6) is 1.51. The Morgan fingerprint density at radius 3 is 2.53 bits per heavy atom. The summed E-state index contributed by atoms with van der Waals surface area (Å²) in [7, 11) is 3.09. The lowest BCUT2D eigenvalue weighted by molar-refractivity contribution is -0.123. The van der Waals surface area contributed by atoms with Crippen molar-refractivity contribution in [1.82, 2.24) is 4.90 Å². The number of aryl methyl sites for hydroxylation is 2. The lowest BCUT2D eigenvalue weighted by Crippen LogP contribution is -2.32. The third kappa shape index (κ3) is 4.82. The van der Waals surface area contributed by atoms with Crippen LogP contribution in [0.25, 0.3) is 6.08 Å². The van der Waals surface area contributed by atoms with E-state index < -0.39 is 0 Å². The number of thioether (sulfide) groups is 1. The summed E-state index contributed by atoms with van der Waals surface area (Å²) in [5.41, 5.74) is 2.82. The van der Waals surface area contributed by atoms with Crippen LogP contribution in [-0.4, -0.2) is 43.4 Å². The van der Waals surface area contributed by atoms with Crippen molar-refractivity contribution in [2.75, 3.05) is 27.4 Å². The first kappa shape index (κ1) is 22.2. The second-order valence-electron chi connectivity index (χ2n) is 6.69. The van der Waals surface area contributed by atoms with Gasteiger partial charge in [-0.15, -0.1) is 0 Å². The molecular formula is C22H22BrNO5S. The molecule has 0 N–H and O–H groups in total. The normalized spacial score (nSPS) is 15.1. The molecule has 0 atom stereocenters. The number of ether oxygens (including phenoxy) is 3. The highest BCUT2D eigenvalue weighted by molar-refractivity contribution is 9.10. The third-order valence-corrected chi connectivity index (χ3v) is 6.04. The molecular weight excluding hydrogens is 470 g/mol. The highest BCUT2D eigenvalue weighted by Gasteiger charge is 2.35. The summed E-state index contributed by atoms with van der Waals surface area (Å²) in [5, 5.41) is -0.310. The van der Waals surface area contributed by atoms with Gasteiger partial charge in [0.25, 0.3) is 11.1 Å². The van der Waals surface area contributed by atoms with Gasteiger partial charge in [0.15, 0.2) is 11.5 Å². The van der Waals surface area contributed by atoms with E-state index >= 15 is 0 Å². The zero-order chi connectivity index (χ0) is 21.8. The lowest BCUT2D eigenvalue weighted by Gasteiger charge is -2.14. The maximum absolute atomic E-state index is 12.7. The number of hydrogen-bond donors (Lipinski definition) is 0. The highest BCUT2D eigenvalue weighted by atomic mass is 79.9. The minimum absolute atomic E-state index is 0.186. The third-order valence-electron chi connectivity index (χ3n) is 4.54. The molecule has 0 spiro atoms. The molecule has 0 aliphatic carbocycles. The number of hydrogen-bond acceptors (Lipinski definition) is 6. The molecule has 2 amide bonds. The number of amides is 2. The van der Waals surface area contributed by atoms with Crippen LogP contribution in [0.4, 0.5) is 4.79 Å². The van der Waals surface area contributed by atoms with Crippen LogP contribution in [0.2, 0.25) is 0 Å². The predicted molar refractivity (Wildman–Crippen MR) is 121 cm³/mol. The summed E-state index contributed by atoms with van der Waals surface area (Å²) < 4.78 is 17.1. The quantitative estimate of drug-likeness (QED) is 0.496. The molecule has 158 valence electrons. The summed E-state index contributed by atoms with van der Waals surface area (Å²) in [4.78, 5) is 26.7. The van der Waals surface area contributed by atoms with Gasteiger partial charge >= 0.3 is 0 Å². The topological polar surface area (TPSA) is 65.1 Å². The van der Waals surface area contributed by atoms with Crippen LogP contribution < -0.4 is 14.2 Å². The molecule has 2 aromatic carbocycles. The standard InChI is InChI=1S/C22H22BrNO5S/c1-13-5-6-14(2)17(9-13)29-8-7-24-21(25)19(30-22(24)26)12-15-10-16(23)20(28-4)18(11-15)27-3/h5-6,9-12H,7-8H2,1-4H3/b19-12-. The monoisotopic (exact) mass is 491 g/mol. The van der Waals surface area contributed by atoms with Gasteiger partial charge in [-0.3, -0.25) is 14.5 Å². The minimum atomic E-state index is -0.333. The van der Waals surface area contributed by atoms with Gasteiger partial charge in [0.05, 0.1) is 30.1 Å². The number of methoxy groups -OCH3 is 2. The fraction of sp³-hybridized carbons (Fsp3) is 0.273. The molecule has 0 bridgehead atoms. The van der Waals surface area contributed by atoms with E-state index in [1.54, 1.807) is 25.3 Å². The Hall–Kier alpha value is -2.45. The van der Waals surface area contributed by atoms with E-state index in [4.69, 9.17) is 14.2 Å². The van der Waals surface area contributed by atoms with Crippen LogP contribution in [0.15, 0.2) is 39.7 Å². The van der Waals surface area contributed by atoms with Gasteiger partial charge in [0, 0.05) is 0 Å². The maximum Gasteiger partial charge on any atom is 0.293 e. The molecule has 2 aromatic rings. The smallest absolute Gasteiger partial charge is 0.293 e. The number of nitrogens with zero attached hydrogens (tertiary/aromatic N) is 1. The summed E-state index contributed by atoms with van der Waals surface area (Å²) in [6.45, 7) is 4.36. The maximum atomic E-state index is 12.7. The van der Waals surface area contributed by atoms with Crippen LogP contribution in [0, 0.1) is 13.8 Å². The Morgan fingerprint density at radius 2 is 1.83 bits per heavy atom. The minimum Gasteiger partial charge on any atom is -0.493 e. The average Bonchev–Trinajstić information content (AvgIpc) is 2.97. The second kappa shape index (κ2) is 9.57. The van der Waals surface area contributed by atoms with Crippen LogP contribution in [0.3, 0.4) is 0 Å². The summed E-state index contributed by atoms with van der Waals surface area (Å²) in [6.07, 6.45) is 1.67. The first-order valence-corrected chi connectivity index (χ1v) is 10.8. The van der Waals surface area contributed by atoms with Crippen molar-refractivity contribution in [3.8, 4) is 17.2 Å². The Balaban J connectivity index is 1.71. The lowest BCUT2D eigenvalue weighted by atomic mass is 10.1. The molecule has 0 radical (unpaired) electrons. The molecule has 1 heterocycles. The Morgan fingerprint density at radius 1 is 1.07 bits per heavy atom. The van der Waals surface area contributed by atoms with Gasteiger partial charge in [0.2, 0.25) is 0 Å². The molecule has 1 aliphatic rings. The van der Waals surface area contributed by atoms with Gasteiger partial charge in [-0.2, -0.15) is 0 Å². The summed E-state index contributed by atoms with van der Waals surface area (Å²) in [6, 6.07) is 9.49. The SMILES string of the molecule is COc1cc(/C=C2\SC(=O)N(CCOc3cc(C)ccc3C)C2=O)cc(Br)c1OC. The zero-order valence-electron chi connectivity index (χ0n) is 17.2. The Bertz CT molecular complexity index is 1020. The molecule has 1 fully saturated rings. The largest absolute Gasteiger partial charge is 0.493 e. The van der Waals surface area contributed by atoms with Gasteiger partial charge in [-0.05, 0) is 82.5 Å². The zero-order valence-corrected chi connectivity index (χ0v) is 19.6. The van der Waals surface area contributed by atoms with E-state index in [2.05, 4.69) is 15.9 Å². The fourth-order valence-electron chi connectivity index (χ4n) is 2.98. The van der Waals surface area contributed by atoms with Gasteiger partial charge < -0.3 is 14.2 Å². The molecule has 0 saturated carbocycles. The summed E-state index contributed by atoms with van der Waals surface area (Å²) >= 11 is 4.35. The van der Waals surface area contributed by atoms with Crippen molar-refractivity contribution in [3.63, 3.8) is 0 Å². The molecule has 0 unspecified atom stereocenters. The van der Waals surface area contributed by atoms with Crippen LogP contribution in [0.5, 0.6) is 17.2 Å². The fourth-order valence-corrected chi connectivity index (χ4v) is 4.46. The number of carbonyl (C=O) groups excluding carboxylic acids is 2. The van der Waals surface area contributed by atoms with Gasteiger partial charge in [-0.1, -0.05) is 12.1 Å². The molecule has 6 nitrogen and oxygen atoms in total. The molecule has 30 heavy (non-hydrogen) atoms. The molecule has 3 rings (SSSR count). The Kier molecular flexibility index (Phi) is 7.10. The van der Waals surface area contributed by atoms with Gasteiger partial charge in [-0.25, -0.2) is 0 Å². The van der Waals surface area contributed by atoms with Crippen LogP contribution in [-0.2, 0) is 4.79 Å². The molecule has 8 heteroatoms. The van der Waals surface area contributed by atoms with E-state index in [0.717, 1.165) is 34.2 Å². The number of benzene rings is 2. The molecule has 1 saturated heterocycles. The van der Waals surface area contributed by atoms with Crippen molar-refractivity contribution in [3.05, 3.63) is 56.4 Å². The van der Waals surface area contributed by atoms with Crippen molar-refractivity contribution < 1.29 is 23.8 Å². The van der Waals surface area contributed by atoms with Crippen molar-refractivity contribution in [2.45, 2.75) is 13.8 Å². The number of carbonyl (C=O) groups is 2. The molecule has 1 aliphatic heterocycles. The van der Waals surface area contributed by atoms with Crippen LogP contribution in [0.1, 0.15) is 16.7 Å². The highest BCUT2D eigenvalue weighted by Crippen LogP contribution is 2.38. The van der Waals surface area contributed by atoms with E-state index in [1.165, 1.54) is 12.0 Å². The number of rotatable bonds is 7. The van der Waals surface area contributed by atoms with E-state index in [9.17, 15) is 9.59 Å². The average molecular weight is 492 g/mol. The first-order chi connectivity index (χ1) is 14.3. The van der Waals surface area contributed by atoms with Gasteiger partial charge in [0.1, 0.15) is 12.4 Å². The predicted octanol–water partition coefficient (Wildman–Crippen LogP) is 5.20. The van der Waals surface area contributed by atoms with E-state index in [1.807, 2.05) is 32.0 Å².